The van der Waals surface area contributed by atoms with Crippen LogP contribution in [0.25, 0.3) is 58.8 Å². The SMILES string of the molecule is OB(O)c1ccc2sc3ccc(-c4cccc5c4c4ccccc4n5-c4ccccc4)cc3c2c1. The number of hydrogen-bond acceptors (Lipinski definition) is 3. The van der Waals surface area contributed by atoms with E-state index < -0.39 is 7.12 Å². The van der Waals surface area contributed by atoms with Crippen molar-refractivity contribution < 1.29 is 10.0 Å². The van der Waals surface area contributed by atoms with Crippen molar-refractivity contribution >= 4 is 65.9 Å². The molecule has 0 spiro atoms. The Morgan fingerprint density at radius 2 is 1.31 bits per heavy atom. The van der Waals surface area contributed by atoms with Crippen molar-refractivity contribution in [2.75, 3.05) is 0 Å². The van der Waals surface area contributed by atoms with Crippen molar-refractivity contribution in [3.63, 3.8) is 0 Å². The van der Waals surface area contributed by atoms with Crippen LogP contribution in [-0.2, 0) is 0 Å². The number of benzene rings is 5. The van der Waals surface area contributed by atoms with Crippen LogP contribution in [0, 0.1) is 0 Å². The molecule has 35 heavy (non-hydrogen) atoms. The molecule has 0 radical (unpaired) electrons. The van der Waals surface area contributed by atoms with Gasteiger partial charge in [-0.2, -0.15) is 0 Å². The molecule has 7 aromatic rings. The lowest BCUT2D eigenvalue weighted by molar-refractivity contribution is 0.426. The number of rotatable bonds is 3. The first-order valence-corrected chi connectivity index (χ1v) is 12.4. The highest BCUT2D eigenvalue weighted by Crippen LogP contribution is 2.41. The minimum absolute atomic E-state index is 0.510. The molecule has 0 bridgehead atoms. The molecule has 0 saturated carbocycles. The standard InChI is InChI=1S/C30H20BNO2S/c33-31(34)20-14-16-29-25(18-20)24-17-19(13-15-28(24)35-29)22-10-6-12-27-30(22)23-9-4-5-11-26(23)32(27)21-7-2-1-3-8-21/h1-18,33-34H. The van der Waals surface area contributed by atoms with Gasteiger partial charge in [0.15, 0.2) is 0 Å². The van der Waals surface area contributed by atoms with Crippen LogP contribution in [0.2, 0.25) is 0 Å². The van der Waals surface area contributed by atoms with Gasteiger partial charge in [0.1, 0.15) is 0 Å². The van der Waals surface area contributed by atoms with Crippen LogP contribution < -0.4 is 5.46 Å². The minimum Gasteiger partial charge on any atom is -0.423 e. The Labute approximate surface area is 206 Å². The smallest absolute Gasteiger partial charge is 0.423 e. The molecular weight excluding hydrogens is 449 g/mol. The molecule has 2 heterocycles. The summed E-state index contributed by atoms with van der Waals surface area (Å²) in [4.78, 5) is 0. The van der Waals surface area contributed by atoms with Crippen LogP contribution in [0.4, 0.5) is 0 Å². The Balaban J connectivity index is 1.53. The third-order valence-electron chi connectivity index (χ3n) is 6.81. The van der Waals surface area contributed by atoms with Gasteiger partial charge in [-0.15, -0.1) is 11.3 Å². The van der Waals surface area contributed by atoms with Crippen molar-refractivity contribution in [1.82, 2.24) is 4.57 Å². The van der Waals surface area contributed by atoms with Gasteiger partial charge in [0.2, 0.25) is 0 Å². The number of nitrogens with zero attached hydrogens (tertiary/aromatic N) is 1. The summed E-state index contributed by atoms with van der Waals surface area (Å²) < 4.78 is 4.66. The summed E-state index contributed by atoms with van der Waals surface area (Å²) in [5.41, 5.74) is 6.35. The van der Waals surface area contributed by atoms with E-state index >= 15 is 0 Å². The first-order valence-electron chi connectivity index (χ1n) is 11.6. The molecule has 3 nitrogen and oxygen atoms in total. The minimum atomic E-state index is -1.48. The van der Waals surface area contributed by atoms with Crippen LogP contribution in [0.1, 0.15) is 0 Å². The number of thiophene rings is 1. The van der Waals surface area contributed by atoms with E-state index in [1.807, 2.05) is 18.2 Å². The highest BCUT2D eigenvalue weighted by molar-refractivity contribution is 7.25. The number of aromatic nitrogens is 1. The molecule has 0 aliphatic rings. The second kappa shape index (κ2) is 7.82. The molecule has 166 valence electrons. The van der Waals surface area contributed by atoms with Gasteiger partial charge in [0.05, 0.1) is 11.0 Å². The van der Waals surface area contributed by atoms with Gasteiger partial charge in [0, 0.05) is 31.2 Å². The lowest BCUT2D eigenvalue weighted by atomic mass is 9.80. The third-order valence-corrected chi connectivity index (χ3v) is 7.97. The van der Waals surface area contributed by atoms with Crippen molar-refractivity contribution in [2.24, 2.45) is 0 Å². The first-order chi connectivity index (χ1) is 17.2. The van der Waals surface area contributed by atoms with Crippen LogP contribution in [-0.4, -0.2) is 21.7 Å². The van der Waals surface area contributed by atoms with Crippen molar-refractivity contribution in [3.8, 4) is 16.8 Å². The maximum Gasteiger partial charge on any atom is 0.488 e. The van der Waals surface area contributed by atoms with E-state index in [-0.39, 0.29) is 0 Å². The van der Waals surface area contributed by atoms with E-state index in [2.05, 4.69) is 89.5 Å². The molecule has 0 unspecified atom stereocenters. The Bertz CT molecular complexity index is 1890. The summed E-state index contributed by atoms with van der Waals surface area (Å²) >= 11 is 1.73. The Morgan fingerprint density at radius 1 is 0.600 bits per heavy atom. The maximum absolute atomic E-state index is 9.70. The lowest BCUT2D eigenvalue weighted by Gasteiger charge is -2.09. The summed E-state index contributed by atoms with van der Waals surface area (Å²) in [6.07, 6.45) is 0. The molecule has 7 rings (SSSR count). The van der Waals surface area contributed by atoms with E-state index in [4.69, 9.17) is 0 Å². The molecule has 2 N–H and O–H groups in total. The quantitative estimate of drug-likeness (QED) is 0.290. The van der Waals surface area contributed by atoms with Crippen LogP contribution >= 0.6 is 11.3 Å². The fraction of sp³-hybridized carbons (Fsp3) is 0. The second-order valence-corrected chi connectivity index (χ2v) is 9.91. The Morgan fingerprint density at radius 3 is 2.14 bits per heavy atom. The van der Waals surface area contributed by atoms with Gasteiger partial charge in [-0.1, -0.05) is 66.7 Å². The molecule has 0 aliphatic heterocycles. The first kappa shape index (κ1) is 20.5. The number of fused-ring (bicyclic) bond motifs is 6. The monoisotopic (exact) mass is 469 g/mol. The summed E-state index contributed by atoms with van der Waals surface area (Å²) in [5.74, 6) is 0. The predicted molar refractivity (Wildman–Crippen MR) is 149 cm³/mol. The highest BCUT2D eigenvalue weighted by Gasteiger charge is 2.17. The summed E-state index contributed by atoms with van der Waals surface area (Å²) in [7, 11) is -1.48. The zero-order valence-electron chi connectivity index (χ0n) is 18.7. The predicted octanol–water partition coefficient (Wildman–Crippen LogP) is 6.50. The zero-order chi connectivity index (χ0) is 23.5. The molecular formula is C30H20BNO2S. The fourth-order valence-electron chi connectivity index (χ4n) is 5.24. The summed E-state index contributed by atoms with van der Waals surface area (Å²) in [6.45, 7) is 0. The second-order valence-electron chi connectivity index (χ2n) is 8.83. The van der Waals surface area contributed by atoms with Crippen LogP contribution in [0.3, 0.4) is 0 Å². The average molecular weight is 469 g/mol. The molecule has 0 amide bonds. The van der Waals surface area contributed by atoms with Crippen LogP contribution in [0.15, 0.2) is 109 Å². The van der Waals surface area contributed by atoms with Gasteiger partial charge in [-0.25, -0.2) is 0 Å². The molecule has 0 atom stereocenters. The van der Waals surface area contributed by atoms with E-state index in [0.717, 1.165) is 26.7 Å². The van der Waals surface area contributed by atoms with Crippen molar-refractivity contribution in [3.05, 3.63) is 109 Å². The molecule has 0 saturated heterocycles. The molecule has 5 aromatic carbocycles. The summed E-state index contributed by atoms with van der Waals surface area (Å²) in [5, 5.41) is 24.0. The topological polar surface area (TPSA) is 45.4 Å². The van der Waals surface area contributed by atoms with Gasteiger partial charge < -0.3 is 14.6 Å². The largest absolute Gasteiger partial charge is 0.488 e. The summed E-state index contributed by atoms with van der Waals surface area (Å²) in [6, 6.07) is 37.9. The Hall–Kier alpha value is -3.90. The van der Waals surface area contributed by atoms with E-state index in [1.165, 1.54) is 32.1 Å². The lowest BCUT2D eigenvalue weighted by Crippen LogP contribution is -2.29. The van der Waals surface area contributed by atoms with E-state index in [0.29, 0.717) is 5.46 Å². The van der Waals surface area contributed by atoms with Gasteiger partial charge in [-0.05, 0) is 64.4 Å². The molecule has 0 fully saturated rings. The highest BCUT2D eigenvalue weighted by atomic mass is 32.1. The van der Waals surface area contributed by atoms with E-state index in [1.54, 1.807) is 17.4 Å². The van der Waals surface area contributed by atoms with Gasteiger partial charge in [-0.3, -0.25) is 0 Å². The normalized spacial score (nSPS) is 11.7. The van der Waals surface area contributed by atoms with Gasteiger partial charge >= 0.3 is 7.12 Å². The number of para-hydroxylation sites is 2. The fourth-order valence-corrected chi connectivity index (χ4v) is 6.31. The molecule has 2 aromatic heterocycles. The molecule has 0 aliphatic carbocycles. The van der Waals surface area contributed by atoms with Crippen molar-refractivity contribution in [1.29, 1.82) is 0 Å². The molecule has 5 heteroatoms. The zero-order valence-corrected chi connectivity index (χ0v) is 19.5. The Kier molecular flexibility index (Phi) is 4.58. The average Bonchev–Trinajstić information content (AvgIpc) is 3.44. The van der Waals surface area contributed by atoms with Gasteiger partial charge in [0.25, 0.3) is 0 Å². The maximum atomic E-state index is 9.70. The third kappa shape index (κ3) is 3.13. The van der Waals surface area contributed by atoms with Crippen LogP contribution in [0.5, 0.6) is 0 Å². The van der Waals surface area contributed by atoms with E-state index in [9.17, 15) is 10.0 Å². The van der Waals surface area contributed by atoms with Crippen molar-refractivity contribution in [2.45, 2.75) is 0 Å². The number of hydrogen-bond donors (Lipinski definition) is 2.